The molecule has 2 rings (SSSR count). The molecule has 0 radical (unpaired) electrons. The summed E-state index contributed by atoms with van der Waals surface area (Å²) in [5, 5.41) is 6.69. The van der Waals surface area contributed by atoms with Crippen LogP contribution in [0.25, 0.3) is 0 Å². The number of guanidine groups is 1. The Bertz CT molecular complexity index is 578. The molecule has 0 aromatic heterocycles. The molecule has 7 heteroatoms. The summed E-state index contributed by atoms with van der Waals surface area (Å²) in [4.78, 5) is 4.28. The molecule has 2 N–H and O–H groups in total. The maximum Gasteiger partial charge on any atom is 0.191 e. The summed E-state index contributed by atoms with van der Waals surface area (Å²) < 4.78 is 17.0. The summed E-state index contributed by atoms with van der Waals surface area (Å²) >= 11 is 0. The van der Waals surface area contributed by atoms with Gasteiger partial charge in [-0.25, -0.2) is 0 Å². The maximum atomic E-state index is 5.80. The molecule has 1 aliphatic heterocycles. The van der Waals surface area contributed by atoms with E-state index in [1.54, 1.807) is 7.05 Å². The van der Waals surface area contributed by atoms with Gasteiger partial charge in [-0.2, -0.15) is 0 Å². The molecular weight excluding hydrogens is 481 g/mol. The van der Waals surface area contributed by atoms with E-state index in [0.717, 1.165) is 70.6 Å². The van der Waals surface area contributed by atoms with Crippen LogP contribution in [0.15, 0.2) is 29.3 Å². The number of aliphatic imine (C=N–C) groups is 1. The molecule has 0 bridgehead atoms. The van der Waals surface area contributed by atoms with Gasteiger partial charge in [0.05, 0.1) is 6.61 Å². The summed E-state index contributed by atoms with van der Waals surface area (Å²) in [7, 11) is 1.79. The molecule has 0 atom stereocenters. The Labute approximate surface area is 193 Å². The van der Waals surface area contributed by atoms with Crippen LogP contribution in [0.3, 0.4) is 0 Å². The highest BCUT2D eigenvalue weighted by atomic mass is 127. The number of nitrogens with one attached hydrogen (secondary N) is 2. The molecular formula is C22H38IN3O3. The second-order valence-electron chi connectivity index (χ2n) is 7.69. The Balaban J connectivity index is 0.00000420. The first-order chi connectivity index (χ1) is 13.7. The molecule has 6 nitrogen and oxygen atoms in total. The second kappa shape index (κ2) is 15.7. The second-order valence-corrected chi connectivity index (χ2v) is 7.69. The van der Waals surface area contributed by atoms with Gasteiger partial charge in [-0.1, -0.05) is 26.0 Å². The van der Waals surface area contributed by atoms with Crippen molar-refractivity contribution in [2.75, 3.05) is 46.6 Å². The minimum absolute atomic E-state index is 0. The quantitative estimate of drug-likeness (QED) is 0.201. The first kappa shape index (κ1) is 26.0. The van der Waals surface area contributed by atoms with Crippen LogP contribution >= 0.6 is 24.0 Å². The zero-order valence-corrected chi connectivity index (χ0v) is 20.4. The fourth-order valence-corrected chi connectivity index (χ4v) is 2.96. The van der Waals surface area contributed by atoms with Gasteiger partial charge in [0.1, 0.15) is 5.75 Å². The largest absolute Gasteiger partial charge is 0.493 e. The van der Waals surface area contributed by atoms with E-state index in [1.807, 2.05) is 12.1 Å². The Morgan fingerprint density at radius 1 is 1.24 bits per heavy atom. The van der Waals surface area contributed by atoms with Crippen molar-refractivity contribution in [1.29, 1.82) is 0 Å². The van der Waals surface area contributed by atoms with Gasteiger partial charge >= 0.3 is 0 Å². The standard InChI is InChI=1S/C22H37N3O3.HI/c1-18(2)16-28-21-7-4-6-20(14-21)15-25-22(23-3)24-10-5-11-27-17-19-8-12-26-13-9-19;/h4,6-7,14,18-19H,5,8-13,15-17H2,1-3H3,(H2,23,24,25);1H. The number of hydrogen-bond donors (Lipinski definition) is 2. The van der Waals surface area contributed by atoms with Crippen LogP contribution in [-0.2, 0) is 16.0 Å². The molecule has 1 heterocycles. The Morgan fingerprint density at radius 2 is 2.03 bits per heavy atom. The predicted octanol–water partition coefficient (Wildman–Crippen LogP) is 3.84. The number of ether oxygens (including phenoxy) is 3. The maximum absolute atomic E-state index is 5.80. The highest BCUT2D eigenvalue weighted by molar-refractivity contribution is 14.0. The zero-order chi connectivity index (χ0) is 20.0. The van der Waals surface area contributed by atoms with E-state index >= 15 is 0 Å². The summed E-state index contributed by atoms with van der Waals surface area (Å²) in [6.07, 6.45) is 3.21. The predicted molar refractivity (Wildman–Crippen MR) is 129 cm³/mol. The van der Waals surface area contributed by atoms with Crippen molar-refractivity contribution in [3.8, 4) is 5.75 Å². The third kappa shape index (κ3) is 11.6. The first-order valence-corrected chi connectivity index (χ1v) is 10.5. The van der Waals surface area contributed by atoms with Gasteiger partial charge in [-0.05, 0) is 48.8 Å². The van der Waals surface area contributed by atoms with E-state index in [9.17, 15) is 0 Å². The molecule has 0 aliphatic carbocycles. The summed E-state index contributed by atoms with van der Waals surface area (Å²) in [6, 6.07) is 8.19. The van der Waals surface area contributed by atoms with Crippen molar-refractivity contribution in [3.05, 3.63) is 29.8 Å². The van der Waals surface area contributed by atoms with Crippen LogP contribution in [0, 0.1) is 11.8 Å². The summed E-state index contributed by atoms with van der Waals surface area (Å²) in [5.41, 5.74) is 1.17. The zero-order valence-electron chi connectivity index (χ0n) is 18.1. The number of rotatable bonds is 11. The van der Waals surface area contributed by atoms with Crippen LogP contribution < -0.4 is 15.4 Å². The van der Waals surface area contributed by atoms with Gasteiger partial charge in [0, 0.05) is 46.6 Å². The topological polar surface area (TPSA) is 64.1 Å². The fraction of sp³-hybridized carbons (Fsp3) is 0.682. The molecule has 0 amide bonds. The number of halogens is 1. The molecule has 29 heavy (non-hydrogen) atoms. The third-order valence-electron chi connectivity index (χ3n) is 4.62. The summed E-state index contributed by atoms with van der Waals surface area (Å²) in [5.74, 6) is 2.90. The number of hydrogen-bond acceptors (Lipinski definition) is 4. The molecule has 0 saturated carbocycles. The van der Waals surface area contributed by atoms with E-state index in [4.69, 9.17) is 14.2 Å². The number of nitrogens with zero attached hydrogens (tertiary/aromatic N) is 1. The van der Waals surface area contributed by atoms with Crippen LogP contribution in [0.1, 0.15) is 38.7 Å². The average molecular weight is 519 g/mol. The molecule has 1 aromatic carbocycles. The third-order valence-corrected chi connectivity index (χ3v) is 4.62. The van der Waals surface area contributed by atoms with E-state index in [1.165, 1.54) is 5.56 Å². The lowest BCUT2D eigenvalue weighted by Crippen LogP contribution is -2.37. The molecule has 166 valence electrons. The van der Waals surface area contributed by atoms with Crippen molar-refractivity contribution in [3.63, 3.8) is 0 Å². The Hall–Kier alpha value is -1.06. The van der Waals surface area contributed by atoms with E-state index in [0.29, 0.717) is 18.4 Å². The van der Waals surface area contributed by atoms with E-state index in [-0.39, 0.29) is 24.0 Å². The smallest absolute Gasteiger partial charge is 0.191 e. The van der Waals surface area contributed by atoms with Gasteiger partial charge in [-0.15, -0.1) is 24.0 Å². The van der Waals surface area contributed by atoms with Crippen molar-refractivity contribution in [2.45, 2.75) is 39.7 Å². The lowest BCUT2D eigenvalue weighted by molar-refractivity contribution is 0.0203. The molecule has 1 aliphatic rings. The molecule has 0 unspecified atom stereocenters. The van der Waals surface area contributed by atoms with E-state index in [2.05, 4.69) is 41.6 Å². The normalized spacial score (nSPS) is 15.1. The highest BCUT2D eigenvalue weighted by Gasteiger charge is 2.13. The van der Waals surface area contributed by atoms with Crippen molar-refractivity contribution in [1.82, 2.24) is 10.6 Å². The SMILES string of the molecule is CN=C(NCCCOCC1CCOCC1)NCc1cccc(OCC(C)C)c1.I. The highest BCUT2D eigenvalue weighted by Crippen LogP contribution is 2.15. The minimum Gasteiger partial charge on any atom is -0.493 e. The average Bonchev–Trinajstić information content (AvgIpc) is 2.72. The Kier molecular flexibility index (Phi) is 14.1. The molecule has 0 spiro atoms. The Morgan fingerprint density at radius 3 is 2.76 bits per heavy atom. The molecule has 1 aromatic rings. The monoisotopic (exact) mass is 519 g/mol. The van der Waals surface area contributed by atoms with Crippen LogP contribution in [0.5, 0.6) is 5.75 Å². The van der Waals surface area contributed by atoms with E-state index < -0.39 is 0 Å². The molecule has 1 saturated heterocycles. The minimum atomic E-state index is 0. The van der Waals surface area contributed by atoms with Crippen molar-refractivity contribution >= 4 is 29.9 Å². The lowest BCUT2D eigenvalue weighted by Gasteiger charge is -2.21. The fourth-order valence-electron chi connectivity index (χ4n) is 2.96. The van der Waals surface area contributed by atoms with Crippen molar-refractivity contribution < 1.29 is 14.2 Å². The van der Waals surface area contributed by atoms with Gasteiger partial charge in [0.25, 0.3) is 0 Å². The van der Waals surface area contributed by atoms with Crippen LogP contribution in [-0.4, -0.2) is 52.6 Å². The van der Waals surface area contributed by atoms with Gasteiger partial charge in [0.2, 0.25) is 0 Å². The first-order valence-electron chi connectivity index (χ1n) is 10.5. The summed E-state index contributed by atoms with van der Waals surface area (Å²) in [6.45, 7) is 9.96. The van der Waals surface area contributed by atoms with Crippen LogP contribution in [0.4, 0.5) is 0 Å². The van der Waals surface area contributed by atoms with Gasteiger partial charge < -0.3 is 24.8 Å². The lowest BCUT2D eigenvalue weighted by atomic mass is 10.0. The van der Waals surface area contributed by atoms with Crippen molar-refractivity contribution in [2.24, 2.45) is 16.8 Å². The van der Waals surface area contributed by atoms with Crippen LogP contribution in [0.2, 0.25) is 0 Å². The van der Waals surface area contributed by atoms with Gasteiger partial charge in [-0.3, -0.25) is 4.99 Å². The number of benzene rings is 1. The van der Waals surface area contributed by atoms with Gasteiger partial charge in [0.15, 0.2) is 5.96 Å². The molecule has 1 fully saturated rings.